The molecule has 0 spiro atoms. The van der Waals surface area contributed by atoms with Gasteiger partial charge < -0.3 is 4.74 Å². The van der Waals surface area contributed by atoms with Crippen LogP contribution in [-0.4, -0.2) is 21.5 Å². The number of esters is 1. The second-order valence-corrected chi connectivity index (χ2v) is 7.25. The minimum absolute atomic E-state index is 0.117. The molecule has 0 amide bonds. The van der Waals surface area contributed by atoms with E-state index in [4.69, 9.17) is 4.74 Å². The van der Waals surface area contributed by atoms with Gasteiger partial charge in [-0.05, 0) is 47.6 Å². The van der Waals surface area contributed by atoms with Crippen molar-refractivity contribution in [1.82, 2.24) is 9.38 Å². The van der Waals surface area contributed by atoms with Crippen LogP contribution in [0.15, 0.2) is 24.7 Å². The van der Waals surface area contributed by atoms with E-state index in [2.05, 4.69) is 27.6 Å². The van der Waals surface area contributed by atoms with Gasteiger partial charge in [-0.2, -0.15) is 13.2 Å². The third kappa shape index (κ3) is 3.68. The predicted octanol–water partition coefficient (Wildman–Crippen LogP) is 4.67. The van der Waals surface area contributed by atoms with E-state index < -0.39 is 18.2 Å². The molecule has 1 aliphatic carbocycles. The van der Waals surface area contributed by atoms with Crippen LogP contribution in [0.25, 0.3) is 5.52 Å². The van der Waals surface area contributed by atoms with E-state index in [0.717, 1.165) is 41.2 Å². The number of halogens is 4. The van der Waals surface area contributed by atoms with Crippen LogP contribution in [0.3, 0.4) is 0 Å². The van der Waals surface area contributed by atoms with Crippen LogP contribution < -0.4 is 0 Å². The van der Waals surface area contributed by atoms with Crippen molar-refractivity contribution in [1.29, 1.82) is 0 Å². The molecule has 8 heteroatoms. The number of carbonyl (C=O) groups excluding carboxylic acids is 1. The summed E-state index contributed by atoms with van der Waals surface area (Å²) in [5, 5.41) is 0. The zero-order valence-electron chi connectivity index (χ0n) is 12.7. The average molecular weight is 452 g/mol. The van der Waals surface area contributed by atoms with Crippen molar-refractivity contribution >= 4 is 34.1 Å². The van der Waals surface area contributed by atoms with Crippen molar-refractivity contribution in [2.45, 2.75) is 44.4 Å². The summed E-state index contributed by atoms with van der Waals surface area (Å²) in [7, 11) is 0. The van der Waals surface area contributed by atoms with Gasteiger partial charge in [-0.15, -0.1) is 0 Å². The summed E-state index contributed by atoms with van der Waals surface area (Å²) < 4.78 is 45.7. The molecule has 1 atom stereocenters. The maximum Gasteiger partial charge on any atom is 0.490 e. The third-order valence-electron chi connectivity index (χ3n) is 4.35. The van der Waals surface area contributed by atoms with Gasteiger partial charge in [0.15, 0.2) is 0 Å². The zero-order valence-corrected chi connectivity index (χ0v) is 14.9. The first kappa shape index (κ1) is 17.5. The van der Waals surface area contributed by atoms with Gasteiger partial charge >= 0.3 is 12.1 Å². The molecule has 2 aromatic rings. The van der Waals surface area contributed by atoms with Crippen LogP contribution in [0.5, 0.6) is 0 Å². The highest BCUT2D eigenvalue weighted by Crippen LogP contribution is 2.38. The average Bonchev–Trinajstić information content (AvgIpc) is 2.99. The van der Waals surface area contributed by atoms with Crippen molar-refractivity contribution in [2.75, 3.05) is 0 Å². The maximum absolute atomic E-state index is 12.7. The van der Waals surface area contributed by atoms with E-state index in [0.29, 0.717) is 5.69 Å². The lowest BCUT2D eigenvalue weighted by molar-refractivity contribution is -0.208. The Bertz CT molecular complexity index is 738. The molecule has 4 nitrogen and oxygen atoms in total. The molecule has 1 saturated carbocycles. The monoisotopic (exact) mass is 452 g/mol. The number of hydrogen-bond donors (Lipinski definition) is 0. The van der Waals surface area contributed by atoms with Gasteiger partial charge in [0.25, 0.3) is 0 Å². The fraction of sp³-hybridized carbons (Fsp3) is 0.500. The van der Waals surface area contributed by atoms with Crippen molar-refractivity contribution < 1.29 is 22.7 Å². The number of alkyl halides is 3. The predicted molar refractivity (Wildman–Crippen MR) is 89.4 cm³/mol. The van der Waals surface area contributed by atoms with Gasteiger partial charge in [0.05, 0.1) is 23.7 Å². The molecule has 2 aromatic heterocycles. The fourth-order valence-electron chi connectivity index (χ4n) is 3.26. The van der Waals surface area contributed by atoms with Gasteiger partial charge in [-0.3, -0.25) is 4.40 Å². The quantitative estimate of drug-likeness (QED) is 0.503. The maximum atomic E-state index is 12.7. The Balaban J connectivity index is 2.02. The molecule has 1 unspecified atom stereocenters. The SMILES string of the molecule is O=C(OC(c1cc(I)cc2cncn12)C1CCCCC1)C(F)(F)F. The molecule has 3 rings (SSSR count). The van der Waals surface area contributed by atoms with Crippen LogP contribution in [0.4, 0.5) is 13.2 Å². The minimum atomic E-state index is -5.00. The summed E-state index contributed by atoms with van der Waals surface area (Å²) in [6.45, 7) is 0. The zero-order chi connectivity index (χ0) is 17.3. The Morgan fingerprint density at radius 2 is 2.00 bits per heavy atom. The lowest BCUT2D eigenvalue weighted by Gasteiger charge is -2.31. The molecule has 24 heavy (non-hydrogen) atoms. The highest BCUT2D eigenvalue weighted by atomic mass is 127. The largest absolute Gasteiger partial charge is 0.490 e. The Morgan fingerprint density at radius 3 is 2.67 bits per heavy atom. The van der Waals surface area contributed by atoms with Gasteiger partial charge in [-0.25, -0.2) is 9.78 Å². The summed E-state index contributed by atoms with van der Waals surface area (Å²) >= 11 is 2.10. The first-order chi connectivity index (χ1) is 11.4. The number of pyridine rings is 1. The molecule has 130 valence electrons. The normalized spacial score (nSPS) is 17.8. The Labute approximate surface area is 150 Å². The number of hydrogen-bond acceptors (Lipinski definition) is 3. The van der Waals surface area contributed by atoms with E-state index in [1.54, 1.807) is 16.7 Å². The van der Waals surface area contributed by atoms with Crippen molar-refractivity contribution in [3.8, 4) is 0 Å². The van der Waals surface area contributed by atoms with Crippen molar-refractivity contribution in [3.63, 3.8) is 0 Å². The second kappa shape index (κ2) is 6.89. The molecular weight excluding hydrogens is 436 g/mol. The first-order valence-electron chi connectivity index (χ1n) is 7.75. The molecule has 0 bridgehead atoms. The summed E-state index contributed by atoms with van der Waals surface area (Å²) in [5.41, 5.74) is 1.31. The summed E-state index contributed by atoms with van der Waals surface area (Å²) in [5.74, 6) is -2.25. The van der Waals surface area contributed by atoms with E-state index >= 15 is 0 Å². The number of ether oxygens (including phenoxy) is 1. The molecule has 0 saturated heterocycles. The minimum Gasteiger partial charge on any atom is -0.449 e. The lowest BCUT2D eigenvalue weighted by atomic mass is 9.84. The Hall–Kier alpha value is -1.32. The number of imidazole rings is 1. The number of nitrogens with zero attached hydrogens (tertiary/aromatic N) is 2. The molecule has 0 N–H and O–H groups in total. The summed E-state index contributed by atoms with van der Waals surface area (Å²) in [4.78, 5) is 15.5. The lowest BCUT2D eigenvalue weighted by Crippen LogP contribution is -2.31. The number of rotatable bonds is 3. The molecule has 1 aliphatic rings. The van der Waals surface area contributed by atoms with Crippen molar-refractivity contribution in [3.05, 3.63) is 33.9 Å². The molecule has 2 heterocycles. The first-order valence-corrected chi connectivity index (χ1v) is 8.83. The van der Waals surface area contributed by atoms with Crippen LogP contribution in [-0.2, 0) is 9.53 Å². The van der Waals surface area contributed by atoms with E-state index in [1.807, 2.05) is 6.07 Å². The van der Waals surface area contributed by atoms with Gasteiger partial charge in [0, 0.05) is 9.49 Å². The number of carbonyl (C=O) groups is 1. The van der Waals surface area contributed by atoms with Gasteiger partial charge in [0.2, 0.25) is 0 Å². The fourth-order valence-corrected chi connectivity index (χ4v) is 3.90. The molecular formula is C16H16F3IN2O2. The molecule has 0 aliphatic heterocycles. The van der Waals surface area contributed by atoms with Gasteiger partial charge in [0.1, 0.15) is 6.10 Å². The second-order valence-electron chi connectivity index (χ2n) is 6.01. The number of aromatic nitrogens is 2. The standard InChI is InChI=1S/C16H16F3IN2O2/c17-16(18,19)15(23)24-14(10-4-2-1-3-5-10)13-7-11(20)6-12-8-21-9-22(12)13/h6-10,14H,1-5H2. The van der Waals surface area contributed by atoms with Crippen molar-refractivity contribution in [2.24, 2.45) is 5.92 Å². The summed E-state index contributed by atoms with van der Waals surface area (Å²) in [6, 6.07) is 3.64. The van der Waals surface area contributed by atoms with Crippen LogP contribution >= 0.6 is 22.6 Å². The smallest absolute Gasteiger partial charge is 0.449 e. The highest BCUT2D eigenvalue weighted by molar-refractivity contribution is 14.1. The van der Waals surface area contributed by atoms with Crippen LogP contribution in [0, 0.1) is 9.49 Å². The Kier molecular flexibility index (Phi) is 5.03. The van der Waals surface area contributed by atoms with Crippen LogP contribution in [0.2, 0.25) is 0 Å². The van der Waals surface area contributed by atoms with Crippen LogP contribution in [0.1, 0.15) is 43.9 Å². The van der Waals surface area contributed by atoms with Gasteiger partial charge in [-0.1, -0.05) is 19.3 Å². The molecule has 0 aromatic carbocycles. The topological polar surface area (TPSA) is 43.6 Å². The van der Waals surface area contributed by atoms with E-state index in [1.165, 1.54) is 6.33 Å². The number of fused-ring (bicyclic) bond motifs is 1. The highest BCUT2D eigenvalue weighted by Gasteiger charge is 2.44. The summed E-state index contributed by atoms with van der Waals surface area (Å²) in [6.07, 6.45) is 1.67. The van der Waals surface area contributed by atoms with E-state index in [9.17, 15) is 18.0 Å². The molecule has 1 fully saturated rings. The Morgan fingerprint density at radius 1 is 1.29 bits per heavy atom. The molecule has 0 radical (unpaired) electrons. The third-order valence-corrected chi connectivity index (χ3v) is 4.97. The van der Waals surface area contributed by atoms with E-state index in [-0.39, 0.29) is 5.92 Å².